The minimum Gasteiger partial charge on any atom is -0.352 e. The van der Waals surface area contributed by atoms with Crippen LogP contribution in [0.2, 0.25) is 0 Å². The lowest BCUT2D eigenvalue weighted by Gasteiger charge is -2.41. The van der Waals surface area contributed by atoms with Gasteiger partial charge in [0.15, 0.2) is 5.82 Å². The lowest BCUT2D eigenvalue weighted by molar-refractivity contribution is 0.240. The van der Waals surface area contributed by atoms with Crippen LogP contribution in [0.15, 0.2) is 67.3 Å². The van der Waals surface area contributed by atoms with E-state index in [0.717, 1.165) is 42.4 Å². The summed E-state index contributed by atoms with van der Waals surface area (Å²) in [6.07, 6.45) is 10.1. The first-order valence-corrected chi connectivity index (χ1v) is 17.2. The van der Waals surface area contributed by atoms with Gasteiger partial charge in [-0.2, -0.15) is 25.9 Å². The van der Waals surface area contributed by atoms with Gasteiger partial charge >= 0.3 is 6.03 Å². The quantitative estimate of drug-likeness (QED) is 0.208. The summed E-state index contributed by atoms with van der Waals surface area (Å²) in [7, 11) is -0.701. The number of benzene rings is 1. The number of carbonyl (C=O) groups excluding carboxylic acids is 1. The number of nitriles is 1. The zero-order valence-electron chi connectivity index (χ0n) is 25.7. The molecule has 14 heteroatoms. The molecular formula is C32H38N10O3S. The van der Waals surface area contributed by atoms with Crippen LogP contribution in [-0.4, -0.2) is 76.5 Å². The van der Waals surface area contributed by atoms with Crippen LogP contribution in [0.4, 0.5) is 22.4 Å². The second kappa shape index (κ2) is 13.7. The number of nitrogens with zero attached hydrogens (tertiary/aromatic N) is 8. The van der Waals surface area contributed by atoms with E-state index in [9.17, 15) is 19.2 Å². The van der Waals surface area contributed by atoms with Crippen molar-refractivity contribution in [1.82, 2.24) is 30.0 Å². The van der Waals surface area contributed by atoms with E-state index in [2.05, 4.69) is 31.8 Å². The van der Waals surface area contributed by atoms with Crippen molar-refractivity contribution in [2.75, 3.05) is 39.7 Å². The molecule has 1 saturated heterocycles. The molecule has 0 unspecified atom stereocenters. The molecule has 6 rings (SSSR count). The van der Waals surface area contributed by atoms with E-state index in [1.54, 1.807) is 22.0 Å². The molecule has 1 aliphatic carbocycles. The van der Waals surface area contributed by atoms with Crippen LogP contribution in [-0.2, 0) is 13.6 Å². The predicted molar refractivity (Wildman–Crippen MR) is 179 cm³/mol. The van der Waals surface area contributed by atoms with E-state index in [1.807, 2.05) is 60.6 Å². The van der Waals surface area contributed by atoms with E-state index in [1.165, 1.54) is 6.20 Å². The Morgan fingerprint density at radius 3 is 2.43 bits per heavy atom. The van der Waals surface area contributed by atoms with Gasteiger partial charge in [-0.3, -0.25) is 18.7 Å². The fourth-order valence-electron chi connectivity index (χ4n) is 5.95. The van der Waals surface area contributed by atoms with Crippen molar-refractivity contribution in [2.24, 2.45) is 7.05 Å². The summed E-state index contributed by atoms with van der Waals surface area (Å²) in [6.45, 7) is 1.24. The minimum atomic E-state index is -2.57. The largest absolute Gasteiger partial charge is 0.352 e. The Labute approximate surface area is 269 Å². The van der Waals surface area contributed by atoms with Crippen LogP contribution in [0.1, 0.15) is 36.8 Å². The van der Waals surface area contributed by atoms with Crippen molar-refractivity contribution in [3.8, 4) is 17.2 Å². The van der Waals surface area contributed by atoms with Crippen molar-refractivity contribution in [3.05, 3.63) is 78.4 Å². The van der Waals surface area contributed by atoms with E-state index < -0.39 is 10.6 Å². The summed E-state index contributed by atoms with van der Waals surface area (Å²) < 4.78 is 21.8. The average Bonchev–Trinajstić information content (AvgIpc) is 3.51. The van der Waals surface area contributed by atoms with Gasteiger partial charge in [-0.1, -0.05) is 30.3 Å². The van der Waals surface area contributed by atoms with Gasteiger partial charge < -0.3 is 15.5 Å². The lowest BCUT2D eigenvalue weighted by atomic mass is 9.90. The summed E-state index contributed by atoms with van der Waals surface area (Å²) in [5.74, 6) is 2.04. The fraction of sp³-hybridized carbons (Fsp3) is 0.375. The van der Waals surface area contributed by atoms with Gasteiger partial charge in [0.25, 0.3) is 0 Å². The van der Waals surface area contributed by atoms with Gasteiger partial charge in [0, 0.05) is 62.3 Å². The molecule has 46 heavy (non-hydrogen) atoms. The first kappa shape index (κ1) is 31.3. The van der Waals surface area contributed by atoms with Crippen LogP contribution in [0.5, 0.6) is 0 Å². The third-order valence-electron chi connectivity index (χ3n) is 8.50. The summed E-state index contributed by atoms with van der Waals surface area (Å²) in [5, 5.41) is 20.4. The summed E-state index contributed by atoms with van der Waals surface area (Å²) in [6, 6.07) is 15.7. The Morgan fingerprint density at radius 1 is 1.02 bits per heavy atom. The number of nitrogens with one attached hydrogen (secondary N) is 2. The number of amides is 2. The average molecular weight is 643 g/mol. The van der Waals surface area contributed by atoms with Gasteiger partial charge in [0.1, 0.15) is 17.5 Å². The highest BCUT2D eigenvalue weighted by molar-refractivity contribution is 8.24. The molecule has 0 radical (unpaired) electrons. The molecule has 13 nitrogen and oxygen atoms in total. The number of hydrogen-bond acceptors (Lipinski definition) is 10. The second-order valence-corrected chi connectivity index (χ2v) is 14.1. The maximum absolute atomic E-state index is 13.7. The zero-order chi connectivity index (χ0) is 32.1. The van der Waals surface area contributed by atoms with Crippen LogP contribution in [0.25, 0.3) is 11.1 Å². The number of carbonyl (C=O) groups is 1. The van der Waals surface area contributed by atoms with Crippen molar-refractivity contribution in [1.29, 1.82) is 5.26 Å². The first-order chi connectivity index (χ1) is 22.3. The van der Waals surface area contributed by atoms with Gasteiger partial charge in [-0.15, -0.1) is 0 Å². The van der Waals surface area contributed by atoms with E-state index >= 15 is 0 Å². The number of hydrogen-bond donors (Lipinski definition) is 4. The molecule has 0 spiro atoms. The van der Waals surface area contributed by atoms with E-state index in [-0.39, 0.29) is 29.6 Å². The van der Waals surface area contributed by atoms with E-state index in [4.69, 9.17) is 4.98 Å². The Balaban J connectivity index is 1.14. The Morgan fingerprint density at radius 2 is 1.78 bits per heavy atom. The van der Waals surface area contributed by atoms with Crippen molar-refractivity contribution in [2.45, 2.75) is 44.3 Å². The van der Waals surface area contributed by atoms with Gasteiger partial charge in [0.05, 0.1) is 23.9 Å². The molecule has 1 aromatic carbocycles. The Bertz CT molecular complexity index is 1670. The standard InChI is InChI=1S/C32H38N10O3S/c1-40-22-26(21-37-40)24-7-12-29(34-19-24)42(32(43)36-18-23-5-3-2-4-6-23)28-10-8-27(9-11-28)38-31-35-20-25(17-33)30(39-31)41-13-15-46(44,45)16-14-41/h2-7,12,19-22,27-28,44-45H,8-11,13-16,18H2,1H3,(H,36,43)(H,35,38,39). The highest BCUT2D eigenvalue weighted by Crippen LogP contribution is 2.41. The van der Waals surface area contributed by atoms with Crippen LogP contribution in [0, 0.1) is 11.3 Å². The number of urea groups is 1. The summed E-state index contributed by atoms with van der Waals surface area (Å²) in [4.78, 5) is 31.2. The SMILES string of the molecule is Cn1cc(-c2ccc(N(C(=O)NCc3ccccc3)C3CCC(Nc4ncc(C#N)c(N5CCS(O)(O)CC5)n4)CC3)nc2)cn1. The Kier molecular flexibility index (Phi) is 9.34. The number of anilines is 3. The maximum Gasteiger partial charge on any atom is 0.323 e. The molecule has 240 valence electrons. The zero-order valence-corrected chi connectivity index (χ0v) is 26.5. The van der Waals surface area contributed by atoms with Gasteiger partial charge in [-0.05, 0) is 43.4 Å². The molecule has 2 aliphatic rings. The number of pyridine rings is 1. The third kappa shape index (κ3) is 7.39. The second-order valence-electron chi connectivity index (χ2n) is 11.7. The highest BCUT2D eigenvalue weighted by Gasteiger charge is 2.32. The maximum atomic E-state index is 13.7. The molecule has 2 amide bonds. The van der Waals surface area contributed by atoms with Crippen LogP contribution >= 0.6 is 10.6 Å². The van der Waals surface area contributed by atoms with Crippen molar-refractivity contribution < 1.29 is 13.9 Å². The number of aryl methyl sites for hydroxylation is 1. The van der Waals surface area contributed by atoms with Crippen molar-refractivity contribution in [3.63, 3.8) is 0 Å². The lowest BCUT2D eigenvalue weighted by Crippen LogP contribution is -2.49. The van der Waals surface area contributed by atoms with Gasteiger partial charge in [0.2, 0.25) is 5.95 Å². The summed E-state index contributed by atoms with van der Waals surface area (Å²) >= 11 is 0. The normalized spacial score (nSPS) is 19.9. The summed E-state index contributed by atoms with van der Waals surface area (Å²) in [5.41, 5.74) is 3.25. The van der Waals surface area contributed by atoms with Crippen LogP contribution in [0.3, 0.4) is 0 Å². The Hall–Kier alpha value is -4.71. The fourth-order valence-corrected chi connectivity index (χ4v) is 7.18. The predicted octanol–water partition coefficient (Wildman–Crippen LogP) is 4.85. The monoisotopic (exact) mass is 642 g/mol. The molecule has 1 aliphatic heterocycles. The molecule has 3 aromatic heterocycles. The smallest absolute Gasteiger partial charge is 0.323 e. The molecule has 1 saturated carbocycles. The molecule has 2 fully saturated rings. The topological polar surface area (TPSA) is 168 Å². The minimum absolute atomic E-state index is 0.0592. The number of rotatable bonds is 8. The number of aromatic nitrogens is 5. The first-order valence-electron chi connectivity index (χ1n) is 15.4. The molecule has 0 bridgehead atoms. The van der Waals surface area contributed by atoms with Gasteiger partial charge in [-0.25, -0.2) is 14.8 Å². The highest BCUT2D eigenvalue weighted by atomic mass is 32.3. The molecule has 4 heterocycles. The molecular weight excluding hydrogens is 604 g/mol. The molecule has 4 aromatic rings. The molecule has 4 N–H and O–H groups in total. The third-order valence-corrected chi connectivity index (χ3v) is 10.2. The molecule has 0 atom stereocenters. The van der Waals surface area contributed by atoms with E-state index in [0.29, 0.717) is 42.8 Å². The van der Waals surface area contributed by atoms with Crippen LogP contribution < -0.4 is 20.4 Å². The van der Waals surface area contributed by atoms with Crippen molar-refractivity contribution >= 4 is 34.2 Å².